The molecule has 1 rings (SSSR count). The van der Waals surface area contributed by atoms with Crippen molar-refractivity contribution in [3.63, 3.8) is 0 Å². The zero-order valence-electron chi connectivity index (χ0n) is 10.8. The van der Waals surface area contributed by atoms with Crippen molar-refractivity contribution >= 4 is 26.0 Å². The first-order chi connectivity index (χ1) is 8.34. The Hall–Kier alpha value is -0.500. The predicted octanol–water partition coefficient (Wildman–Crippen LogP) is 1.42. The molecule has 0 saturated heterocycles. The third-order valence-corrected chi connectivity index (χ3v) is 4.72. The molecule has 0 aromatic carbocycles. The lowest BCUT2D eigenvalue weighted by atomic mass is 10.4. The predicted molar refractivity (Wildman–Crippen MR) is 74.9 cm³/mol. The number of halogens is 1. The monoisotopic (exact) mass is 335 g/mol. The number of aromatic nitrogens is 1. The van der Waals surface area contributed by atoms with Crippen molar-refractivity contribution < 1.29 is 8.42 Å². The summed E-state index contributed by atoms with van der Waals surface area (Å²) in [5.41, 5.74) is 0. The minimum absolute atomic E-state index is 0.212. The first-order valence-electron chi connectivity index (χ1n) is 5.55. The molecule has 1 heterocycles. The van der Waals surface area contributed by atoms with Gasteiger partial charge in [-0.1, -0.05) is 0 Å². The fraction of sp³-hybridized carbons (Fsp3) is 0.545. The number of hydrogen-bond acceptors (Lipinski definition) is 4. The highest BCUT2D eigenvalue weighted by atomic mass is 79.9. The van der Waals surface area contributed by atoms with Gasteiger partial charge in [-0.25, -0.2) is 12.7 Å². The highest BCUT2D eigenvalue weighted by Gasteiger charge is 2.20. The molecule has 0 atom stereocenters. The second-order valence-electron chi connectivity index (χ2n) is 4.32. The number of rotatable bonds is 6. The van der Waals surface area contributed by atoms with Crippen LogP contribution in [0.4, 0.5) is 0 Å². The molecule has 1 aromatic heterocycles. The summed E-state index contributed by atoms with van der Waals surface area (Å²) in [6.45, 7) is 1.35. The molecule has 0 fully saturated rings. The normalized spacial score (nSPS) is 12.3. The van der Waals surface area contributed by atoms with Gasteiger partial charge in [0.1, 0.15) is 4.90 Å². The van der Waals surface area contributed by atoms with E-state index in [0.717, 1.165) is 13.0 Å². The van der Waals surface area contributed by atoms with Crippen LogP contribution in [0.1, 0.15) is 6.42 Å². The molecule has 102 valence electrons. The summed E-state index contributed by atoms with van der Waals surface area (Å²) in [5, 5.41) is 0. The van der Waals surface area contributed by atoms with E-state index >= 15 is 0 Å². The van der Waals surface area contributed by atoms with Crippen LogP contribution in [0.15, 0.2) is 27.8 Å². The Morgan fingerprint density at radius 2 is 1.89 bits per heavy atom. The third kappa shape index (κ3) is 4.31. The molecule has 0 amide bonds. The molecule has 0 unspecified atom stereocenters. The van der Waals surface area contributed by atoms with Crippen LogP contribution in [-0.4, -0.2) is 56.8 Å². The minimum Gasteiger partial charge on any atom is -0.309 e. The molecule has 0 bridgehead atoms. The Kier molecular flexibility index (Phi) is 5.71. The lowest BCUT2D eigenvalue weighted by molar-refractivity contribution is 0.370. The molecular weight excluding hydrogens is 318 g/mol. The second-order valence-corrected chi connectivity index (χ2v) is 7.28. The van der Waals surface area contributed by atoms with Gasteiger partial charge in [-0.05, 0) is 49.1 Å². The van der Waals surface area contributed by atoms with Gasteiger partial charge < -0.3 is 4.90 Å². The minimum atomic E-state index is -3.44. The molecule has 7 heteroatoms. The van der Waals surface area contributed by atoms with Crippen molar-refractivity contribution in [2.75, 3.05) is 34.2 Å². The van der Waals surface area contributed by atoms with Gasteiger partial charge in [0.05, 0.1) is 0 Å². The van der Waals surface area contributed by atoms with Crippen molar-refractivity contribution in [2.45, 2.75) is 11.3 Å². The Balaban J connectivity index is 2.74. The SMILES string of the molecule is CN(C)CCCN(C)S(=O)(=O)c1cncc(Br)c1. The average molecular weight is 336 g/mol. The molecule has 5 nitrogen and oxygen atoms in total. The van der Waals surface area contributed by atoms with Gasteiger partial charge >= 0.3 is 0 Å². The van der Waals surface area contributed by atoms with Crippen LogP contribution in [0.3, 0.4) is 0 Å². The van der Waals surface area contributed by atoms with Gasteiger partial charge in [0.2, 0.25) is 10.0 Å². The highest BCUT2D eigenvalue weighted by Crippen LogP contribution is 2.17. The topological polar surface area (TPSA) is 53.5 Å². The molecule has 18 heavy (non-hydrogen) atoms. The van der Waals surface area contributed by atoms with Crippen LogP contribution in [-0.2, 0) is 10.0 Å². The number of nitrogens with zero attached hydrogens (tertiary/aromatic N) is 3. The number of pyridine rings is 1. The first kappa shape index (κ1) is 15.6. The highest BCUT2D eigenvalue weighted by molar-refractivity contribution is 9.10. The van der Waals surface area contributed by atoms with E-state index in [9.17, 15) is 8.42 Å². The van der Waals surface area contributed by atoms with Crippen LogP contribution in [0.5, 0.6) is 0 Å². The van der Waals surface area contributed by atoms with Gasteiger partial charge in [0.25, 0.3) is 0 Å². The summed E-state index contributed by atoms with van der Waals surface area (Å²) in [7, 11) is 2.08. The standard InChI is InChI=1S/C11H18BrN3O2S/c1-14(2)5-4-6-15(3)18(16,17)11-7-10(12)8-13-9-11/h7-9H,4-6H2,1-3H3. The quantitative estimate of drug-likeness (QED) is 0.788. The van der Waals surface area contributed by atoms with Crippen LogP contribution in [0.2, 0.25) is 0 Å². The maximum Gasteiger partial charge on any atom is 0.244 e. The van der Waals surface area contributed by atoms with Crippen LogP contribution in [0, 0.1) is 0 Å². The molecule has 0 saturated carbocycles. The van der Waals surface area contributed by atoms with E-state index in [1.165, 1.54) is 10.5 Å². The fourth-order valence-corrected chi connectivity index (χ4v) is 3.16. The van der Waals surface area contributed by atoms with E-state index in [4.69, 9.17) is 0 Å². The van der Waals surface area contributed by atoms with E-state index in [1.807, 2.05) is 19.0 Å². The molecule has 0 N–H and O–H groups in total. The van der Waals surface area contributed by atoms with Gasteiger partial charge in [0.15, 0.2) is 0 Å². The summed E-state index contributed by atoms with van der Waals surface area (Å²) in [6, 6.07) is 1.56. The number of sulfonamides is 1. The number of hydrogen-bond donors (Lipinski definition) is 0. The first-order valence-corrected chi connectivity index (χ1v) is 7.79. The summed E-state index contributed by atoms with van der Waals surface area (Å²) in [5.74, 6) is 0. The van der Waals surface area contributed by atoms with E-state index in [1.54, 1.807) is 19.3 Å². The zero-order valence-corrected chi connectivity index (χ0v) is 13.2. The summed E-state index contributed by atoms with van der Waals surface area (Å²) in [6.07, 6.45) is 3.72. The largest absolute Gasteiger partial charge is 0.309 e. The maximum atomic E-state index is 12.2. The van der Waals surface area contributed by atoms with E-state index in [2.05, 4.69) is 20.9 Å². The van der Waals surface area contributed by atoms with Gasteiger partial charge in [-0.15, -0.1) is 0 Å². The molecule has 0 radical (unpaired) electrons. The van der Waals surface area contributed by atoms with Crippen molar-refractivity contribution in [3.05, 3.63) is 22.9 Å². The molecule has 1 aromatic rings. The van der Waals surface area contributed by atoms with Crippen LogP contribution in [0.25, 0.3) is 0 Å². The van der Waals surface area contributed by atoms with Gasteiger partial charge in [0, 0.05) is 30.5 Å². The van der Waals surface area contributed by atoms with Gasteiger partial charge in [-0.2, -0.15) is 0 Å². The molecule has 0 aliphatic heterocycles. The zero-order chi connectivity index (χ0) is 13.8. The summed E-state index contributed by atoms with van der Waals surface area (Å²) < 4.78 is 26.4. The fourth-order valence-electron chi connectivity index (χ4n) is 1.44. The van der Waals surface area contributed by atoms with Gasteiger partial charge in [-0.3, -0.25) is 4.98 Å². The smallest absolute Gasteiger partial charge is 0.244 e. The molecule has 0 aliphatic rings. The molecule has 0 spiro atoms. The van der Waals surface area contributed by atoms with Crippen LogP contribution >= 0.6 is 15.9 Å². The maximum absolute atomic E-state index is 12.2. The Morgan fingerprint density at radius 3 is 2.44 bits per heavy atom. The van der Waals surface area contributed by atoms with Crippen LogP contribution < -0.4 is 0 Å². The molecule has 0 aliphatic carbocycles. The third-order valence-electron chi connectivity index (χ3n) is 2.47. The summed E-state index contributed by atoms with van der Waals surface area (Å²) >= 11 is 3.22. The lowest BCUT2D eigenvalue weighted by Crippen LogP contribution is -2.30. The van der Waals surface area contributed by atoms with Crippen molar-refractivity contribution in [2.24, 2.45) is 0 Å². The Morgan fingerprint density at radius 1 is 1.22 bits per heavy atom. The second kappa shape index (κ2) is 6.60. The lowest BCUT2D eigenvalue weighted by Gasteiger charge is -2.18. The van der Waals surface area contributed by atoms with E-state index < -0.39 is 10.0 Å². The van der Waals surface area contributed by atoms with E-state index in [0.29, 0.717) is 11.0 Å². The van der Waals surface area contributed by atoms with E-state index in [-0.39, 0.29) is 4.90 Å². The Labute approximate surface area is 117 Å². The van der Waals surface area contributed by atoms with Crippen molar-refractivity contribution in [1.29, 1.82) is 0 Å². The summed E-state index contributed by atoms with van der Waals surface area (Å²) in [4.78, 5) is 6.12. The molecular formula is C11H18BrN3O2S. The Bertz CT molecular complexity index is 491. The average Bonchev–Trinajstić information content (AvgIpc) is 2.28. The van der Waals surface area contributed by atoms with Crippen molar-refractivity contribution in [1.82, 2.24) is 14.2 Å². The van der Waals surface area contributed by atoms with Crippen molar-refractivity contribution in [3.8, 4) is 0 Å².